The van der Waals surface area contributed by atoms with E-state index in [2.05, 4.69) is 22.5 Å². The van der Waals surface area contributed by atoms with Crippen molar-refractivity contribution in [1.82, 2.24) is 10.6 Å². The molecule has 6 heteroatoms. The summed E-state index contributed by atoms with van der Waals surface area (Å²) < 4.78 is 0. The van der Waals surface area contributed by atoms with E-state index in [1.54, 1.807) is 18.4 Å². The third-order valence-electron chi connectivity index (χ3n) is 3.77. The summed E-state index contributed by atoms with van der Waals surface area (Å²) in [5.41, 5.74) is 0.0704. The van der Waals surface area contributed by atoms with Crippen LogP contribution in [0, 0.1) is 11.8 Å². The lowest BCUT2D eigenvalue weighted by Gasteiger charge is -2.24. The molecule has 1 fully saturated rings. The first-order valence-corrected chi connectivity index (χ1v) is 7.67. The topological polar surface area (TPSA) is 56.7 Å². The highest BCUT2D eigenvalue weighted by Gasteiger charge is 2.32. The minimum Gasteiger partial charge on any atom is -0.384 e. The Morgan fingerprint density at radius 1 is 1.55 bits per heavy atom. The first-order chi connectivity index (χ1) is 9.03. The van der Waals surface area contributed by atoms with Crippen LogP contribution in [0.25, 0.3) is 0 Å². The highest BCUT2D eigenvalue weighted by atomic mass is 127. The maximum Gasteiger partial charge on any atom is 0.191 e. The van der Waals surface area contributed by atoms with E-state index in [4.69, 9.17) is 0 Å². The molecule has 3 unspecified atom stereocenters. The molecule has 114 valence electrons. The fourth-order valence-electron chi connectivity index (χ4n) is 2.06. The molecule has 0 spiro atoms. The molecule has 0 aromatic carbocycles. The lowest BCUT2D eigenvalue weighted by molar-refractivity contribution is 0.0621. The van der Waals surface area contributed by atoms with E-state index < -0.39 is 5.60 Å². The van der Waals surface area contributed by atoms with Crippen LogP contribution in [0.2, 0.25) is 0 Å². The Hall–Kier alpha value is -0.340. The Bertz CT molecular complexity index is 434. The van der Waals surface area contributed by atoms with Gasteiger partial charge in [-0.3, -0.25) is 4.99 Å². The average molecular weight is 409 g/mol. The smallest absolute Gasteiger partial charge is 0.191 e. The standard InChI is InChI=1S/C14H23N3OS.HI/c1-10-6-11(10)7-16-13(15-3)17-9-14(2,18)12-4-5-19-8-12;/h4-5,8,10-11,18H,6-7,9H2,1-3H3,(H2,15,16,17);1H. The van der Waals surface area contributed by atoms with Gasteiger partial charge in [-0.15, -0.1) is 24.0 Å². The van der Waals surface area contributed by atoms with Crippen LogP contribution in [-0.4, -0.2) is 31.2 Å². The first-order valence-electron chi connectivity index (χ1n) is 6.72. The van der Waals surface area contributed by atoms with Crippen LogP contribution in [0.1, 0.15) is 25.8 Å². The first kappa shape index (κ1) is 17.7. The number of hydrogen-bond donors (Lipinski definition) is 3. The molecule has 0 radical (unpaired) electrons. The molecule has 1 aliphatic rings. The summed E-state index contributed by atoms with van der Waals surface area (Å²) in [5, 5.41) is 20.9. The lowest BCUT2D eigenvalue weighted by atomic mass is 9.99. The second-order valence-electron chi connectivity index (χ2n) is 5.57. The van der Waals surface area contributed by atoms with E-state index >= 15 is 0 Å². The zero-order valence-electron chi connectivity index (χ0n) is 12.2. The van der Waals surface area contributed by atoms with Gasteiger partial charge in [0, 0.05) is 13.6 Å². The molecule has 0 bridgehead atoms. The molecule has 20 heavy (non-hydrogen) atoms. The summed E-state index contributed by atoms with van der Waals surface area (Å²) >= 11 is 1.60. The predicted octanol–water partition coefficient (Wildman–Crippen LogP) is 2.39. The fourth-order valence-corrected chi connectivity index (χ4v) is 2.84. The van der Waals surface area contributed by atoms with Crippen molar-refractivity contribution in [3.8, 4) is 0 Å². The van der Waals surface area contributed by atoms with Crippen molar-refractivity contribution in [2.75, 3.05) is 20.1 Å². The van der Waals surface area contributed by atoms with Crippen molar-refractivity contribution in [1.29, 1.82) is 0 Å². The van der Waals surface area contributed by atoms with Gasteiger partial charge in [0.25, 0.3) is 0 Å². The van der Waals surface area contributed by atoms with Gasteiger partial charge < -0.3 is 15.7 Å². The highest BCUT2D eigenvalue weighted by molar-refractivity contribution is 14.0. The van der Waals surface area contributed by atoms with E-state index in [1.165, 1.54) is 6.42 Å². The number of nitrogens with one attached hydrogen (secondary N) is 2. The van der Waals surface area contributed by atoms with E-state index in [-0.39, 0.29) is 24.0 Å². The predicted molar refractivity (Wildman–Crippen MR) is 95.9 cm³/mol. The summed E-state index contributed by atoms with van der Waals surface area (Å²) in [6, 6.07) is 1.95. The molecular formula is C14H24IN3OS. The van der Waals surface area contributed by atoms with Crippen molar-refractivity contribution in [2.24, 2.45) is 16.8 Å². The molecule has 0 aliphatic heterocycles. The maximum absolute atomic E-state index is 10.4. The van der Waals surface area contributed by atoms with Crippen molar-refractivity contribution in [2.45, 2.75) is 25.9 Å². The molecule has 1 saturated carbocycles. The second-order valence-corrected chi connectivity index (χ2v) is 6.35. The Labute approximate surface area is 142 Å². The average Bonchev–Trinajstić information content (AvgIpc) is 2.86. The quantitative estimate of drug-likeness (QED) is 0.398. The largest absolute Gasteiger partial charge is 0.384 e. The van der Waals surface area contributed by atoms with Crippen LogP contribution in [0.5, 0.6) is 0 Å². The third kappa shape index (κ3) is 4.89. The Kier molecular flexibility index (Phi) is 6.74. The van der Waals surface area contributed by atoms with Crippen molar-refractivity contribution in [3.05, 3.63) is 22.4 Å². The van der Waals surface area contributed by atoms with Crippen molar-refractivity contribution < 1.29 is 5.11 Å². The zero-order valence-corrected chi connectivity index (χ0v) is 15.4. The normalized spacial score (nSPS) is 24.5. The number of halogens is 1. The minimum atomic E-state index is -0.871. The summed E-state index contributed by atoms with van der Waals surface area (Å²) in [6.45, 7) is 5.49. The SMILES string of the molecule is CN=C(NCC1CC1C)NCC(C)(O)c1ccsc1.I. The molecule has 3 atom stereocenters. The molecule has 4 nitrogen and oxygen atoms in total. The van der Waals surface area contributed by atoms with Crippen LogP contribution in [0.15, 0.2) is 21.8 Å². The number of aliphatic hydroxyl groups is 1. The van der Waals surface area contributed by atoms with Crippen LogP contribution >= 0.6 is 35.3 Å². The fraction of sp³-hybridized carbons (Fsp3) is 0.643. The molecule has 1 aromatic heterocycles. The molecule has 3 N–H and O–H groups in total. The number of nitrogens with zero attached hydrogens (tertiary/aromatic N) is 1. The zero-order chi connectivity index (χ0) is 13.9. The molecule has 2 rings (SSSR count). The van der Waals surface area contributed by atoms with Gasteiger partial charge in [0.15, 0.2) is 5.96 Å². The summed E-state index contributed by atoms with van der Waals surface area (Å²) in [5.74, 6) is 2.37. The number of thiophene rings is 1. The van der Waals surface area contributed by atoms with Gasteiger partial charge in [-0.05, 0) is 47.6 Å². The molecule has 1 aromatic rings. The number of aliphatic imine (C=N–C) groups is 1. The summed E-state index contributed by atoms with van der Waals surface area (Å²) in [6.07, 6.45) is 1.30. The van der Waals surface area contributed by atoms with Gasteiger partial charge in [0.2, 0.25) is 0 Å². The highest BCUT2D eigenvalue weighted by Crippen LogP contribution is 2.36. The van der Waals surface area contributed by atoms with E-state index in [9.17, 15) is 5.11 Å². The van der Waals surface area contributed by atoms with Gasteiger partial charge in [-0.2, -0.15) is 11.3 Å². The van der Waals surface area contributed by atoms with E-state index in [0.717, 1.165) is 29.9 Å². The Morgan fingerprint density at radius 2 is 2.25 bits per heavy atom. The Balaban J connectivity index is 0.00000200. The van der Waals surface area contributed by atoms with Gasteiger partial charge in [-0.1, -0.05) is 6.92 Å². The Morgan fingerprint density at radius 3 is 2.75 bits per heavy atom. The number of hydrogen-bond acceptors (Lipinski definition) is 3. The van der Waals surface area contributed by atoms with Crippen LogP contribution in [-0.2, 0) is 5.60 Å². The minimum absolute atomic E-state index is 0. The van der Waals surface area contributed by atoms with E-state index in [0.29, 0.717) is 6.54 Å². The number of guanidine groups is 1. The van der Waals surface area contributed by atoms with Crippen molar-refractivity contribution in [3.63, 3.8) is 0 Å². The van der Waals surface area contributed by atoms with Crippen molar-refractivity contribution >= 4 is 41.3 Å². The van der Waals surface area contributed by atoms with Gasteiger partial charge >= 0.3 is 0 Å². The monoisotopic (exact) mass is 409 g/mol. The molecule has 1 aliphatic carbocycles. The van der Waals surface area contributed by atoms with Gasteiger partial charge in [0.05, 0.1) is 6.54 Å². The second kappa shape index (κ2) is 7.61. The number of rotatable bonds is 5. The lowest BCUT2D eigenvalue weighted by Crippen LogP contribution is -2.45. The summed E-state index contributed by atoms with van der Waals surface area (Å²) in [4.78, 5) is 4.18. The van der Waals surface area contributed by atoms with Crippen LogP contribution in [0.3, 0.4) is 0 Å². The van der Waals surface area contributed by atoms with E-state index in [1.807, 2.05) is 23.8 Å². The van der Waals surface area contributed by atoms with Gasteiger partial charge in [-0.25, -0.2) is 0 Å². The molecule has 0 saturated heterocycles. The van der Waals surface area contributed by atoms with Gasteiger partial charge in [0.1, 0.15) is 5.60 Å². The maximum atomic E-state index is 10.4. The van der Waals surface area contributed by atoms with Crippen LogP contribution in [0.4, 0.5) is 0 Å². The van der Waals surface area contributed by atoms with Crippen LogP contribution < -0.4 is 10.6 Å². The molecule has 1 heterocycles. The molecular weight excluding hydrogens is 385 g/mol. The third-order valence-corrected chi connectivity index (χ3v) is 4.46. The summed E-state index contributed by atoms with van der Waals surface area (Å²) in [7, 11) is 1.75. The molecule has 0 amide bonds.